The summed E-state index contributed by atoms with van der Waals surface area (Å²) in [7, 11) is -4.59. The monoisotopic (exact) mass is 169 g/mol. The van der Waals surface area contributed by atoms with Gasteiger partial charge in [-0.3, -0.25) is 0 Å². The fraction of sp³-hybridized carbons (Fsp3) is 0. The van der Waals surface area contributed by atoms with E-state index in [9.17, 15) is 4.57 Å². The van der Waals surface area contributed by atoms with Gasteiger partial charge < -0.3 is 9.79 Å². The number of hydrogen-bond donors (Lipinski definition) is 3. The molecule has 7 heavy (non-hydrogen) atoms. The van der Waals surface area contributed by atoms with E-state index in [0.717, 1.165) is 0 Å². The maximum absolute atomic E-state index is 9.22. The molecule has 7 heteroatoms. The van der Waals surface area contributed by atoms with Gasteiger partial charge in [0.15, 0.2) is 0 Å². The molecule has 0 spiro atoms. The molecule has 0 amide bonds. The maximum atomic E-state index is 9.22. The van der Waals surface area contributed by atoms with Gasteiger partial charge in [-0.25, -0.2) is 9.82 Å². The fourth-order valence-electron chi connectivity index (χ4n) is 0. The first-order chi connectivity index (χ1) is 2.56. The molecule has 0 aliphatic rings. The molecule has 0 aromatic carbocycles. The third-order valence-electron chi connectivity index (χ3n) is 0.106. The van der Waals surface area contributed by atoms with Crippen LogP contribution in [0.2, 0.25) is 0 Å². The largest absolute Gasteiger partial charge is 0.496 e. The summed E-state index contributed by atoms with van der Waals surface area (Å²) in [5, 5.41) is 7.14. The topological polar surface area (TPSA) is 87.0 Å². The Labute approximate surface area is 49.9 Å². The Morgan fingerprint density at radius 1 is 1.43 bits per heavy atom. The van der Waals surface area contributed by atoms with Crippen LogP contribution in [0.1, 0.15) is 0 Å². The normalized spacial score (nSPS) is 10.1. The first kappa shape index (κ1) is 10.5. The van der Waals surface area contributed by atoms with E-state index < -0.39 is 7.82 Å². The first-order valence-electron chi connectivity index (χ1n) is 0.948. The van der Waals surface area contributed by atoms with E-state index >= 15 is 0 Å². The van der Waals surface area contributed by atoms with E-state index in [2.05, 4.69) is 4.67 Å². The summed E-state index contributed by atoms with van der Waals surface area (Å²) >= 11 is 0. The van der Waals surface area contributed by atoms with Gasteiger partial charge in [0.25, 0.3) is 0 Å². The fourth-order valence-corrected chi connectivity index (χ4v) is 0. The zero-order valence-corrected chi connectivity index (χ0v) is 5.06. The van der Waals surface area contributed by atoms with Crippen LogP contribution in [0.3, 0.4) is 0 Å². The second-order valence-corrected chi connectivity index (χ2v) is 1.72. The van der Waals surface area contributed by atoms with Crippen LogP contribution in [-0.2, 0) is 26.3 Å². The van der Waals surface area contributed by atoms with Crippen molar-refractivity contribution >= 4 is 7.82 Å². The van der Waals surface area contributed by atoms with E-state index in [-0.39, 0.29) is 17.1 Å². The second kappa shape index (κ2) is 3.57. The molecule has 0 aliphatic carbocycles. The van der Waals surface area contributed by atoms with E-state index in [0.29, 0.717) is 0 Å². The van der Waals surface area contributed by atoms with Crippen LogP contribution < -0.4 is 0 Å². The predicted molar refractivity (Wildman–Crippen MR) is 15.8 cm³/mol. The van der Waals surface area contributed by atoms with Crippen molar-refractivity contribution in [3.8, 4) is 0 Å². The van der Waals surface area contributed by atoms with Crippen molar-refractivity contribution in [2.24, 2.45) is 0 Å². The van der Waals surface area contributed by atoms with Crippen molar-refractivity contribution < 1.29 is 41.4 Å². The van der Waals surface area contributed by atoms with Gasteiger partial charge in [0.2, 0.25) is 0 Å². The van der Waals surface area contributed by atoms with Crippen LogP contribution in [0.15, 0.2) is 0 Å². The first-order valence-corrected chi connectivity index (χ1v) is 2.48. The Balaban J connectivity index is 0. The Morgan fingerprint density at radius 2 is 1.57 bits per heavy atom. The third-order valence-corrected chi connectivity index (χ3v) is 0.319. The van der Waals surface area contributed by atoms with Crippen LogP contribution in [-0.4, -0.2) is 15.0 Å². The van der Waals surface area contributed by atoms with Gasteiger partial charge in [0, 0.05) is 17.1 Å². The third kappa shape index (κ3) is 10.8. The summed E-state index contributed by atoms with van der Waals surface area (Å²) in [5.74, 6) is 0. The predicted octanol–water partition coefficient (Wildman–Crippen LogP) is -0.434. The molecule has 5 nitrogen and oxygen atoms in total. The van der Waals surface area contributed by atoms with Crippen LogP contribution in [0.5, 0.6) is 0 Å². The smallest absolute Gasteiger partial charge is 0.301 e. The van der Waals surface area contributed by atoms with Gasteiger partial charge in [-0.05, 0) is 0 Å². The Bertz CT molecular complexity index is 72.1. The molecular weight excluding hydrogens is 166 g/mol. The minimum absolute atomic E-state index is 0. The average Bonchev–Trinajstić information content (AvgIpc) is 1.35. The molecule has 3 N–H and O–H groups in total. The molecule has 1 radical (unpaired) electrons. The quantitative estimate of drug-likeness (QED) is 0.214. The molecule has 45 valence electrons. The summed E-state index contributed by atoms with van der Waals surface area (Å²) in [4.78, 5) is 14.9. The summed E-state index contributed by atoms with van der Waals surface area (Å²) in [6.45, 7) is 0. The van der Waals surface area contributed by atoms with Crippen molar-refractivity contribution in [1.29, 1.82) is 0 Å². The molecule has 0 saturated heterocycles. The molecule has 0 aromatic rings. The van der Waals surface area contributed by atoms with E-state index in [1.807, 2.05) is 0 Å². The van der Waals surface area contributed by atoms with E-state index in [1.54, 1.807) is 0 Å². The number of rotatable bonds is 1. The Kier molecular flexibility index (Phi) is 5.39. The number of phosphoric acid groups is 1. The van der Waals surface area contributed by atoms with Crippen molar-refractivity contribution in [2.75, 3.05) is 0 Å². The summed E-state index contributed by atoms with van der Waals surface area (Å²) < 4.78 is 11.8. The molecule has 0 fully saturated rings. The van der Waals surface area contributed by atoms with Crippen molar-refractivity contribution in [3.63, 3.8) is 0 Å². The van der Waals surface area contributed by atoms with Crippen LogP contribution in [0.25, 0.3) is 0 Å². The zero-order chi connectivity index (χ0) is 5.21. The van der Waals surface area contributed by atoms with Crippen LogP contribution in [0, 0.1) is 0 Å². The minimum Gasteiger partial charge on any atom is -0.301 e. The molecule has 0 atom stereocenters. The van der Waals surface area contributed by atoms with Gasteiger partial charge in [-0.2, -0.15) is 0 Å². The molecule has 0 aromatic heterocycles. The second-order valence-electron chi connectivity index (χ2n) is 0.572. The van der Waals surface area contributed by atoms with Gasteiger partial charge in [0.05, 0.1) is 0 Å². The Morgan fingerprint density at radius 3 is 1.57 bits per heavy atom. The van der Waals surface area contributed by atoms with Gasteiger partial charge in [0.1, 0.15) is 0 Å². The summed E-state index contributed by atoms with van der Waals surface area (Å²) in [5.41, 5.74) is 0. The van der Waals surface area contributed by atoms with Gasteiger partial charge in [-0.15, -0.1) is 4.67 Å². The molecular formula is H3MnO5P. The molecule has 0 saturated carbocycles. The SMILES string of the molecule is O=P(O)(O)OO.[Mn]. The molecule has 0 unspecified atom stereocenters. The minimum atomic E-state index is -4.59. The molecule has 0 bridgehead atoms. The van der Waals surface area contributed by atoms with Gasteiger partial charge >= 0.3 is 7.82 Å². The average molecular weight is 169 g/mol. The Hall–Kier alpha value is 0.589. The molecule has 0 aliphatic heterocycles. The van der Waals surface area contributed by atoms with Crippen LogP contribution in [0.4, 0.5) is 0 Å². The van der Waals surface area contributed by atoms with Crippen LogP contribution >= 0.6 is 7.82 Å². The van der Waals surface area contributed by atoms with Crippen molar-refractivity contribution in [3.05, 3.63) is 0 Å². The summed E-state index contributed by atoms with van der Waals surface area (Å²) in [6, 6.07) is 0. The van der Waals surface area contributed by atoms with E-state index in [1.165, 1.54) is 0 Å². The molecule has 0 rings (SSSR count). The maximum Gasteiger partial charge on any atom is 0.496 e. The standard InChI is InChI=1S/Mn.H3O5P/c;1-5-6(2,3)4/h;1H,(H2,2,3,4). The summed E-state index contributed by atoms with van der Waals surface area (Å²) in [6.07, 6.45) is 0. The van der Waals surface area contributed by atoms with E-state index in [4.69, 9.17) is 15.0 Å². The van der Waals surface area contributed by atoms with Crippen molar-refractivity contribution in [2.45, 2.75) is 0 Å². The zero-order valence-electron chi connectivity index (χ0n) is 2.98. The molecule has 0 heterocycles. The van der Waals surface area contributed by atoms with Crippen molar-refractivity contribution in [1.82, 2.24) is 0 Å². The number of hydrogen-bond acceptors (Lipinski definition) is 3. The van der Waals surface area contributed by atoms with Gasteiger partial charge in [-0.1, -0.05) is 0 Å².